The van der Waals surface area contributed by atoms with E-state index in [1.54, 1.807) is 0 Å². The van der Waals surface area contributed by atoms with Gasteiger partial charge in [0, 0.05) is 18.7 Å². The number of allylic oxidation sites excluding steroid dienone is 1. The number of hydrogen-bond acceptors (Lipinski definition) is 2. The summed E-state index contributed by atoms with van der Waals surface area (Å²) in [5.41, 5.74) is 0. The van der Waals surface area contributed by atoms with Crippen LogP contribution in [0.15, 0.2) is 11.8 Å². The minimum absolute atomic E-state index is 0.0863. The second-order valence-corrected chi connectivity index (χ2v) is 2.80. The average molecular weight is 175 g/mol. The molecular formula is C8H11ClO2. The fourth-order valence-corrected chi connectivity index (χ4v) is 1.10. The summed E-state index contributed by atoms with van der Waals surface area (Å²) in [7, 11) is 0. The molecule has 62 valence electrons. The Morgan fingerprint density at radius 1 is 1.73 bits per heavy atom. The summed E-state index contributed by atoms with van der Waals surface area (Å²) in [5, 5.41) is 0. The highest BCUT2D eigenvalue weighted by molar-refractivity contribution is 6.18. The van der Waals surface area contributed by atoms with Crippen molar-refractivity contribution >= 4 is 17.4 Å². The highest BCUT2D eigenvalue weighted by Crippen LogP contribution is 2.12. The first-order valence-corrected chi connectivity index (χ1v) is 4.30. The van der Waals surface area contributed by atoms with Crippen LogP contribution in [0, 0.1) is 0 Å². The molecule has 2 nitrogen and oxygen atoms in total. The van der Waals surface area contributed by atoms with Gasteiger partial charge in [0.2, 0.25) is 0 Å². The lowest BCUT2D eigenvalue weighted by Gasteiger charge is -2.00. The van der Waals surface area contributed by atoms with Crippen LogP contribution in [0.3, 0.4) is 0 Å². The SMILES string of the molecule is O=C(CCCCl)C1=CCCO1. The van der Waals surface area contributed by atoms with E-state index in [1.807, 2.05) is 6.08 Å². The molecule has 0 fully saturated rings. The largest absolute Gasteiger partial charge is 0.490 e. The van der Waals surface area contributed by atoms with E-state index < -0.39 is 0 Å². The third kappa shape index (κ3) is 2.54. The summed E-state index contributed by atoms with van der Waals surface area (Å²) < 4.78 is 5.08. The first kappa shape index (κ1) is 8.60. The van der Waals surface area contributed by atoms with Crippen molar-refractivity contribution in [2.24, 2.45) is 0 Å². The summed E-state index contributed by atoms with van der Waals surface area (Å²) in [6.45, 7) is 0.655. The van der Waals surface area contributed by atoms with E-state index in [2.05, 4.69) is 0 Å². The first-order valence-electron chi connectivity index (χ1n) is 3.76. The maximum absolute atomic E-state index is 11.2. The minimum atomic E-state index is 0.0863. The highest BCUT2D eigenvalue weighted by atomic mass is 35.5. The third-order valence-electron chi connectivity index (χ3n) is 1.52. The molecule has 1 aliphatic rings. The van der Waals surface area contributed by atoms with Crippen molar-refractivity contribution in [2.45, 2.75) is 19.3 Å². The van der Waals surface area contributed by atoms with Crippen LogP contribution in [0.25, 0.3) is 0 Å². The van der Waals surface area contributed by atoms with Gasteiger partial charge in [-0.15, -0.1) is 11.6 Å². The van der Waals surface area contributed by atoms with Crippen molar-refractivity contribution in [3.8, 4) is 0 Å². The number of alkyl halides is 1. The van der Waals surface area contributed by atoms with Gasteiger partial charge in [-0.05, 0) is 12.5 Å². The van der Waals surface area contributed by atoms with Gasteiger partial charge in [0.25, 0.3) is 0 Å². The van der Waals surface area contributed by atoms with Crippen LogP contribution in [0.5, 0.6) is 0 Å². The van der Waals surface area contributed by atoms with Crippen molar-refractivity contribution < 1.29 is 9.53 Å². The molecule has 1 heterocycles. The normalized spacial score (nSPS) is 15.9. The Morgan fingerprint density at radius 2 is 2.55 bits per heavy atom. The number of carbonyl (C=O) groups excluding carboxylic acids is 1. The van der Waals surface area contributed by atoms with Gasteiger partial charge in [-0.25, -0.2) is 0 Å². The zero-order valence-electron chi connectivity index (χ0n) is 6.31. The fraction of sp³-hybridized carbons (Fsp3) is 0.625. The van der Waals surface area contributed by atoms with Crippen LogP contribution in [-0.2, 0) is 9.53 Å². The number of rotatable bonds is 4. The van der Waals surface area contributed by atoms with Crippen LogP contribution in [0.2, 0.25) is 0 Å². The van der Waals surface area contributed by atoms with E-state index >= 15 is 0 Å². The summed E-state index contributed by atoms with van der Waals surface area (Å²) >= 11 is 5.44. The van der Waals surface area contributed by atoms with E-state index in [4.69, 9.17) is 16.3 Å². The molecule has 0 amide bonds. The van der Waals surface area contributed by atoms with E-state index in [0.29, 0.717) is 24.7 Å². The van der Waals surface area contributed by atoms with Crippen LogP contribution >= 0.6 is 11.6 Å². The Kier molecular flexibility index (Phi) is 3.43. The number of carbonyl (C=O) groups is 1. The molecule has 0 bridgehead atoms. The summed E-state index contributed by atoms with van der Waals surface area (Å²) in [6, 6.07) is 0. The molecule has 0 spiro atoms. The van der Waals surface area contributed by atoms with Crippen LogP contribution < -0.4 is 0 Å². The average Bonchev–Trinajstić information content (AvgIpc) is 2.52. The van der Waals surface area contributed by atoms with Gasteiger partial charge in [-0.1, -0.05) is 0 Å². The van der Waals surface area contributed by atoms with Gasteiger partial charge in [0.1, 0.15) is 0 Å². The second kappa shape index (κ2) is 4.39. The maximum atomic E-state index is 11.2. The molecule has 0 saturated heterocycles. The monoisotopic (exact) mass is 174 g/mol. The maximum Gasteiger partial charge on any atom is 0.197 e. The Labute approximate surface area is 71.2 Å². The molecule has 0 radical (unpaired) electrons. The van der Waals surface area contributed by atoms with Gasteiger partial charge in [-0.2, -0.15) is 0 Å². The number of ether oxygens (including phenoxy) is 1. The Hall–Kier alpha value is -0.500. The summed E-state index contributed by atoms with van der Waals surface area (Å²) in [5.74, 6) is 1.16. The summed E-state index contributed by atoms with van der Waals surface area (Å²) in [6.07, 6.45) is 3.95. The van der Waals surface area contributed by atoms with Gasteiger partial charge in [0.05, 0.1) is 6.61 Å². The van der Waals surface area contributed by atoms with E-state index in [-0.39, 0.29) is 5.78 Å². The van der Waals surface area contributed by atoms with Crippen molar-refractivity contribution in [3.05, 3.63) is 11.8 Å². The van der Waals surface area contributed by atoms with E-state index in [1.165, 1.54) is 0 Å². The van der Waals surface area contributed by atoms with Crippen molar-refractivity contribution in [1.29, 1.82) is 0 Å². The number of Topliss-reactive ketones (excluding diaryl/α,β-unsaturated/α-hetero) is 1. The van der Waals surface area contributed by atoms with Crippen molar-refractivity contribution in [3.63, 3.8) is 0 Å². The lowest BCUT2D eigenvalue weighted by molar-refractivity contribution is -0.118. The van der Waals surface area contributed by atoms with E-state index in [9.17, 15) is 4.79 Å². The molecule has 0 unspecified atom stereocenters. The molecule has 11 heavy (non-hydrogen) atoms. The van der Waals surface area contributed by atoms with Gasteiger partial charge < -0.3 is 4.74 Å². The molecule has 1 aliphatic heterocycles. The second-order valence-electron chi connectivity index (χ2n) is 2.42. The first-order chi connectivity index (χ1) is 5.34. The lowest BCUT2D eigenvalue weighted by atomic mass is 10.2. The zero-order chi connectivity index (χ0) is 8.10. The Bertz CT molecular complexity index is 175. The molecule has 0 saturated carbocycles. The van der Waals surface area contributed by atoms with Crippen LogP contribution in [0.4, 0.5) is 0 Å². The molecule has 1 rings (SSSR count). The zero-order valence-corrected chi connectivity index (χ0v) is 7.06. The molecule has 0 N–H and O–H groups in total. The molecule has 0 aromatic carbocycles. The standard InChI is InChI=1S/C8H11ClO2/c9-5-1-3-7(10)8-4-2-6-11-8/h4H,1-3,5-6H2. The minimum Gasteiger partial charge on any atom is -0.490 e. The van der Waals surface area contributed by atoms with Crippen LogP contribution in [0.1, 0.15) is 19.3 Å². The van der Waals surface area contributed by atoms with Gasteiger partial charge >= 0.3 is 0 Å². The van der Waals surface area contributed by atoms with Crippen molar-refractivity contribution in [2.75, 3.05) is 12.5 Å². The third-order valence-corrected chi connectivity index (χ3v) is 1.78. The quantitative estimate of drug-likeness (QED) is 0.609. The highest BCUT2D eigenvalue weighted by Gasteiger charge is 2.13. The molecule has 3 heteroatoms. The number of ketones is 1. The smallest absolute Gasteiger partial charge is 0.197 e. The Morgan fingerprint density at radius 3 is 3.09 bits per heavy atom. The Balaban J connectivity index is 2.29. The molecule has 0 aromatic heterocycles. The van der Waals surface area contributed by atoms with Crippen molar-refractivity contribution in [1.82, 2.24) is 0 Å². The molecule has 0 aliphatic carbocycles. The van der Waals surface area contributed by atoms with Gasteiger partial charge in [0.15, 0.2) is 11.5 Å². The predicted octanol–water partition coefficient (Wildman–Crippen LogP) is 1.88. The topological polar surface area (TPSA) is 26.3 Å². The molecule has 0 aromatic rings. The molecular weight excluding hydrogens is 164 g/mol. The number of halogens is 1. The number of hydrogen-bond donors (Lipinski definition) is 0. The lowest BCUT2D eigenvalue weighted by Crippen LogP contribution is -2.02. The van der Waals surface area contributed by atoms with Crippen LogP contribution in [-0.4, -0.2) is 18.3 Å². The molecule has 0 atom stereocenters. The summed E-state index contributed by atoms with van der Waals surface area (Å²) in [4.78, 5) is 11.2. The fourth-order valence-electron chi connectivity index (χ4n) is 0.963. The van der Waals surface area contributed by atoms with E-state index in [0.717, 1.165) is 12.8 Å². The van der Waals surface area contributed by atoms with Gasteiger partial charge in [-0.3, -0.25) is 4.79 Å². The predicted molar refractivity (Wildman–Crippen MR) is 43.6 cm³/mol.